The van der Waals surface area contributed by atoms with Gasteiger partial charge in [0, 0.05) is 30.0 Å². The van der Waals surface area contributed by atoms with Crippen molar-refractivity contribution in [2.45, 2.75) is 26.6 Å². The number of rotatable bonds is 9. The Morgan fingerprint density at radius 2 is 1.68 bits per heavy atom. The zero-order chi connectivity index (χ0) is 23.8. The van der Waals surface area contributed by atoms with Gasteiger partial charge in [-0.1, -0.05) is 66.2 Å². The van der Waals surface area contributed by atoms with Crippen molar-refractivity contribution in [1.82, 2.24) is 9.47 Å². The van der Waals surface area contributed by atoms with E-state index >= 15 is 0 Å². The van der Waals surface area contributed by atoms with E-state index in [0.29, 0.717) is 24.8 Å². The summed E-state index contributed by atoms with van der Waals surface area (Å²) in [4.78, 5) is 2.18. The van der Waals surface area contributed by atoms with Gasteiger partial charge in [0.1, 0.15) is 5.75 Å². The van der Waals surface area contributed by atoms with Crippen molar-refractivity contribution < 1.29 is 4.74 Å². The third-order valence-corrected chi connectivity index (χ3v) is 6.05. The molecule has 4 rings (SSSR count). The van der Waals surface area contributed by atoms with Crippen LogP contribution in [0.3, 0.4) is 0 Å². The molecule has 174 valence electrons. The Morgan fingerprint density at radius 3 is 2.47 bits per heavy atom. The summed E-state index contributed by atoms with van der Waals surface area (Å²) in [5.41, 5.74) is 4.38. The van der Waals surface area contributed by atoms with Crippen LogP contribution in [-0.2, 0) is 19.6 Å². The second-order valence-corrected chi connectivity index (χ2v) is 8.78. The molecule has 0 aliphatic carbocycles. The molecule has 0 amide bonds. The summed E-state index contributed by atoms with van der Waals surface area (Å²) in [6.45, 7) is 4.66. The molecule has 0 aliphatic rings. The monoisotopic (exact) mass is 489 g/mol. The van der Waals surface area contributed by atoms with Crippen LogP contribution in [0.2, 0.25) is 5.02 Å². The molecule has 0 spiro atoms. The van der Waals surface area contributed by atoms with Gasteiger partial charge in [-0.15, -0.1) is 0 Å². The molecule has 1 heterocycles. The van der Waals surface area contributed by atoms with Crippen LogP contribution in [0.4, 0.5) is 5.69 Å². The number of thiocarbonyl (C=S) groups is 1. The maximum Gasteiger partial charge on any atom is 0.174 e. The van der Waals surface area contributed by atoms with Gasteiger partial charge in [0.2, 0.25) is 0 Å². The van der Waals surface area contributed by atoms with Crippen LogP contribution >= 0.6 is 23.8 Å². The van der Waals surface area contributed by atoms with E-state index < -0.39 is 0 Å². The average molecular weight is 490 g/mol. The number of hydrogen-bond donors (Lipinski definition) is 1. The number of anilines is 1. The molecule has 1 N–H and O–H groups in total. The first-order valence-electron chi connectivity index (χ1n) is 11.3. The molecule has 0 saturated carbocycles. The lowest BCUT2D eigenvalue weighted by Gasteiger charge is -2.27. The Labute approximate surface area is 211 Å². The normalized spacial score (nSPS) is 10.6. The zero-order valence-corrected chi connectivity index (χ0v) is 20.7. The topological polar surface area (TPSA) is 29.4 Å². The van der Waals surface area contributed by atoms with Crippen LogP contribution in [0.5, 0.6) is 5.75 Å². The molecule has 1 aromatic heterocycles. The molecule has 0 unspecified atom stereocenters. The van der Waals surface area contributed by atoms with E-state index in [1.54, 1.807) is 0 Å². The number of para-hydroxylation sites is 2. The minimum atomic E-state index is 0.593. The number of ether oxygens (including phenoxy) is 1. The van der Waals surface area contributed by atoms with Crippen molar-refractivity contribution in [3.05, 3.63) is 119 Å². The van der Waals surface area contributed by atoms with Gasteiger partial charge >= 0.3 is 0 Å². The van der Waals surface area contributed by atoms with Crippen LogP contribution in [-0.4, -0.2) is 21.2 Å². The maximum absolute atomic E-state index is 6.20. The Balaban J connectivity index is 1.56. The van der Waals surface area contributed by atoms with Gasteiger partial charge in [-0.2, -0.15) is 0 Å². The maximum atomic E-state index is 6.20. The summed E-state index contributed by atoms with van der Waals surface area (Å²) >= 11 is 12.1. The van der Waals surface area contributed by atoms with Crippen LogP contribution in [0.15, 0.2) is 97.2 Å². The fourth-order valence-electron chi connectivity index (χ4n) is 3.82. The molecular weight excluding hydrogens is 462 g/mol. The molecule has 4 nitrogen and oxygen atoms in total. The van der Waals surface area contributed by atoms with Crippen LogP contribution in [0.25, 0.3) is 0 Å². The molecular formula is C28H28ClN3OS. The molecule has 4 aromatic rings. The summed E-state index contributed by atoms with van der Waals surface area (Å²) in [6.07, 6.45) is 2.10. The number of nitrogens with one attached hydrogen (secondary N) is 1. The van der Waals surface area contributed by atoms with Gasteiger partial charge in [0.15, 0.2) is 5.11 Å². The van der Waals surface area contributed by atoms with E-state index in [1.807, 2.05) is 55.5 Å². The van der Waals surface area contributed by atoms with Gasteiger partial charge in [-0.3, -0.25) is 0 Å². The number of hydrogen-bond acceptors (Lipinski definition) is 2. The second-order valence-electron chi connectivity index (χ2n) is 7.96. The summed E-state index contributed by atoms with van der Waals surface area (Å²) < 4.78 is 8.02. The standard InChI is InChI=1S/C28H28ClN3OS/c1-2-33-27-16-7-6-15-26(27)30-28(34)32(19-22-10-4-3-5-11-22)21-25-14-9-17-31(25)20-23-12-8-13-24(29)18-23/h3-18H,2,19-21H2,1H3,(H,30,34). The first-order valence-corrected chi connectivity index (χ1v) is 12.1. The smallest absolute Gasteiger partial charge is 0.174 e. The molecule has 0 saturated heterocycles. The minimum Gasteiger partial charge on any atom is -0.492 e. The Hall–Kier alpha value is -3.28. The third-order valence-electron chi connectivity index (χ3n) is 5.45. The fraction of sp³-hybridized carbons (Fsp3) is 0.179. The van der Waals surface area contributed by atoms with E-state index in [4.69, 9.17) is 28.6 Å². The molecule has 6 heteroatoms. The largest absolute Gasteiger partial charge is 0.492 e. The molecule has 34 heavy (non-hydrogen) atoms. The van der Waals surface area contributed by atoms with Crippen molar-refractivity contribution in [1.29, 1.82) is 0 Å². The van der Waals surface area contributed by atoms with Crippen LogP contribution < -0.4 is 10.1 Å². The lowest BCUT2D eigenvalue weighted by atomic mass is 10.2. The highest BCUT2D eigenvalue weighted by Crippen LogP contribution is 2.25. The predicted octanol–water partition coefficient (Wildman–Crippen LogP) is 6.99. The molecule has 0 atom stereocenters. The van der Waals surface area contributed by atoms with Gasteiger partial charge < -0.3 is 19.5 Å². The quantitative estimate of drug-likeness (QED) is 0.256. The van der Waals surface area contributed by atoms with E-state index in [-0.39, 0.29) is 0 Å². The number of nitrogens with zero attached hydrogens (tertiary/aromatic N) is 2. The fourth-order valence-corrected chi connectivity index (χ4v) is 4.28. The molecule has 0 aliphatic heterocycles. The molecule has 0 fully saturated rings. The number of halogens is 1. The Kier molecular flexibility index (Phi) is 8.23. The van der Waals surface area contributed by atoms with E-state index in [0.717, 1.165) is 34.3 Å². The minimum absolute atomic E-state index is 0.593. The van der Waals surface area contributed by atoms with Crippen molar-refractivity contribution in [2.24, 2.45) is 0 Å². The summed E-state index contributed by atoms with van der Waals surface area (Å²) in [7, 11) is 0. The highest BCUT2D eigenvalue weighted by molar-refractivity contribution is 7.80. The van der Waals surface area contributed by atoms with Crippen molar-refractivity contribution in [3.63, 3.8) is 0 Å². The molecule has 3 aromatic carbocycles. The number of benzene rings is 3. The highest BCUT2D eigenvalue weighted by atomic mass is 35.5. The highest BCUT2D eigenvalue weighted by Gasteiger charge is 2.15. The zero-order valence-electron chi connectivity index (χ0n) is 19.2. The first kappa shape index (κ1) is 23.9. The predicted molar refractivity (Wildman–Crippen MR) is 145 cm³/mol. The molecule has 0 radical (unpaired) electrons. The third kappa shape index (κ3) is 6.40. The van der Waals surface area contributed by atoms with Gasteiger partial charge in [-0.05, 0) is 66.7 Å². The average Bonchev–Trinajstić information content (AvgIpc) is 3.27. The lowest BCUT2D eigenvalue weighted by molar-refractivity contribution is 0.341. The van der Waals surface area contributed by atoms with Gasteiger partial charge in [0.05, 0.1) is 18.8 Å². The van der Waals surface area contributed by atoms with Gasteiger partial charge in [0.25, 0.3) is 0 Å². The summed E-state index contributed by atoms with van der Waals surface area (Å²) in [5, 5.41) is 4.80. The molecule has 0 bridgehead atoms. The van der Waals surface area contributed by atoms with Crippen molar-refractivity contribution in [3.8, 4) is 5.75 Å². The van der Waals surface area contributed by atoms with Crippen LogP contribution in [0, 0.1) is 0 Å². The van der Waals surface area contributed by atoms with Crippen molar-refractivity contribution >= 4 is 34.6 Å². The van der Waals surface area contributed by atoms with E-state index in [9.17, 15) is 0 Å². The summed E-state index contributed by atoms with van der Waals surface area (Å²) in [6, 6.07) is 30.4. The first-order chi connectivity index (χ1) is 16.6. The van der Waals surface area contributed by atoms with E-state index in [2.05, 4.69) is 63.4 Å². The number of aromatic nitrogens is 1. The van der Waals surface area contributed by atoms with Gasteiger partial charge in [-0.25, -0.2) is 0 Å². The second kappa shape index (κ2) is 11.7. The van der Waals surface area contributed by atoms with Crippen LogP contribution in [0.1, 0.15) is 23.7 Å². The Bertz CT molecular complexity index is 1230. The lowest BCUT2D eigenvalue weighted by Crippen LogP contribution is -2.34. The van der Waals surface area contributed by atoms with Crippen molar-refractivity contribution in [2.75, 3.05) is 11.9 Å². The van der Waals surface area contributed by atoms with E-state index in [1.165, 1.54) is 5.56 Å². The SMILES string of the molecule is CCOc1ccccc1NC(=S)N(Cc1ccccc1)Cc1cccn1Cc1cccc(Cl)c1. The summed E-state index contributed by atoms with van der Waals surface area (Å²) in [5.74, 6) is 0.788. The Morgan fingerprint density at radius 1 is 0.912 bits per heavy atom.